The minimum atomic E-state index is -1.11. The fraction of sp³-hybridized carbons (Fsp3) is 0.261. The molecule has 2 amide bonds. The molecule has 0 unspecified atom stereocenters. The summed E-state index contributed by atoms with van der Waals surface area (Å²) in [5.74, 6) is -1.64. The van der Waals surface area contributed by atoms with Gasteiger partial charge in [-0.05, 0) is 40.7 Å². The van der Waals surface area contributed by atoms with Crippen molar-refractivity contribution in [3.63, 3.8) is 0 Å². The lowest BCUT2D eigenvalue weighted by Crippen LogP contribution is -2.32. The van der Waals surface area contributed by atoms with E-state index in [2.05, 4.69) is 0 Å². The van der Waals surface area contributed by atoms with E-state index in [0.717, 1.165) is 17.2 Å². The summed E-state index contributed by atoms with van der Waals surface area (Å²) in [5, 5.41) is 8.92. The normalized spacial score (nSPS) is 13.9. The van der Waals surface area contributed by atoms with Gasteiger partial charge in [0.05, 0.1) is 16.8 Å². The molecule has 3 rings (SSSR count). The first-order valence-electron chi connectivity index (χ1n) is 9.29. The number of carbonyl (C=O) groups is 3. The van der Waals surface area contributed by atoms with Crippen LogP contribution in [0.5, 0.6) is 0 Å². The van der Waals surface area contributed by atoms with Crippen molar-refractivity contribution in [2.24, 2.45) is 0 Å². The third-order valence-corrected chi connectivity index (χ3v) is 4.92. The van der Waals surface area contributed by atoms with Crippen molar-refractivity contribution in [3.8, 4) is 0 Å². The number of carbonyl (C=O) groups excluding carboxylic acids is 2. The molecule has 1 aliphatic rings. The number of carboxylic acids is 1. The van der Waals surface area contributed by atoms with Crippen LogP contribution in [0.25, 0.3) is 6.08 Å². The zero-order chi connectivity index (χ0) is 20.6. The average molecular weight is 377 g/mol. The molecule has 144 valence electrons. The Kier molecular flexibility index (Phi) is 5.18. The fourth-order valence-corrected chi connectivity index (χ4v) is 3.58. The van der Waals surface area contributed by atoms with Crippen molar-refractivity contribution >= 4 is 29.5 Å². The predicted molar refractivity (Wildman–Crippen MR) is 109 cm³/mol. The second-order valence-electron chi connectivity index (χ2n) is 7.48. The minimum Gasteiger partial charge on any atom is -0.478 e. The first kappa shape index (κ1) is 19.5. The molecule has 0 atom stereocenters. The van der Waals surface area contributed by atoms with E-state index in [1.54, 1.807) is 18.2 Å². The molecule has 0 radical (unpaired) electrons. The zero-order valence-corrected chi connectivity index (χ0v) is 16.4. The lowest BCUT2D eigenvalue weighted by Gasteiger charge is -2.25. The van der Waals surface area contributed by atoms with Gasteiger partial charge in [0.1, 0.15) is 0 Å². The molecule has 2 aromatic rings. The highest BCUT2D eigenvalue weighted by Crippen LogP contribution is 2.40. The Morgan fingerprint density at radius 1 is 0.929 bits per heavy atom. The highest BCUT2D eigenvalue weighted by atomic mass is 16.4. The van der Waals surface area contributed by atoms with Gasteiger partial charge in [0.25, 0.3) is 11.8 Å². The van der Waals surface area contributed by atoms with Crippen LogP contribution < -0.4 is 4.90 Å². The van der Waals surface area contributed by atoms with E-state index in [0.29, 0.717) is 16.8 Å². The van der Waals surface area contributed by atoms with Crippen LogP contribution in [0.2, 0.25) is 0 Å². The first-order chi connectivity index (χ1) is 13.2. The summed E-state index contributed by atoms with van der Waals surface area (Å²) >= 11 is 0. The van der Waals surface area contributed by atoms with E-state index in [4.69, 9.17) is 5.11 Å². The van der Waals surface area contributed by atoms with Crippen molar-refractivity contribution in [1.82, 2.24) is 0 Å². The number of para-hydroxylation sites is 1. The number of fused-ring (bicyclic) bond motifs is 1. The predicted octanol–water partition coefficient (Wildman–Crippen LogP) is 4.83. The minimum absolute atomic E-state index is 0.129. The van der Waals surface area contributed by atoms with Crippen LogP contribution in [0.4, 0.5) is 5.69 Å². The second-order valence-corrected chi connectivity index (χ2v) is 7.48. The number of rotatable bonds is 5. The van der Waals surface area contributed by atoms with Crippen LogP contribution in [0.3, 0.4) is 0 Å². The lowest BCUT2D eigenvalue weighted by molar-refractivity contribution is -0.131. The van der Waals surface area contributed by atoms with E-state index >= 15 is 0 Å². The molecular formula is C23H23NO4. The molecule has 5 heteroatoms. The number of amides is 2. The number of nitrogens with zero attached hydrogens (tertiary/aromatic N) is 1. The molecule has 0 bridgehead atoms. The fourth-order valence-electron chi connectivity index (χ4n) is 3.58. The molecule has 0 saturated carbocycles. The molecule has 2 aromatic carbocycles. The summed E-state index contributed by atoms with van der Waals surface area (Å²) in [4.78, 5) is 38.7. The summed E-state index contributed by atoms with van der Waals surface area (Å²) in [5.41, 5.74) is 3.48. The highest BCUT2D eigenvalue weighted by Gasteiger charge is 2.40. The van der Waals surface area contributed by atoms with Gasteiger partial charge in [-0.15, -0.1) is 0 Å². The summed E-state index contributed by atoms with van der Waals surface area (Å²) in [6, 6.07) is 10.8. The standard InChI is InChI=1S/C23H23NO4/c1-13(2)16-8-6-9-17(14(3)4)21(16)24-22(27)18-10-5-7-15(11-12-19(25)26)20(18)23(24)28/h5-14H,1-4H3,(H,25,26)/b12-11+. The molecule has 0 saturated heterocycles. The Morgan fingerprint density at radius 3 is 2.04 bits per heavy atom. The van der Waals surface area contributed by atoms with Gasteiger partial charge in [-0.3, -0.25) is 9.59 Å². The van der Waals surface area contributed by atoms with Gasteiger partial charge in [-0.25, -0.2) is 9.69 Å². The Hall–Kier alpha value is -3.21. The molecule has 0 fully saturated rings. The van der Waals surface area contributed by atoms with E-state index < -0.39 is 11.9 Å². The molecular weight excluding hydrogens is 354 g/mol. The average Bonchev–Trinajstić information content (AvgIpc) is 2.90. The zero-order valence-electron chi connectivity index (χ0n) is 16.4. The maximum atomic E-state index is 13.3. The van der Waals surface area contributed by atoms with Gasteiger partial charge in [-0.2, -0.15) is 0 Å². The van der Waals surface area contributed by atoms with Gasteiger partial charge in [0.15, 0.2) is 0 Å². The molecule has 5 nitrogen and oxygen atoms in total. The van der Waals surface area contributed by atoms with Crippen molar-refractivity contribution < 1.29 is 19.5 Å². The molecule has 0 spiro atoms. The smallest absolute Gasteiger partial charge is 0.328 e. The molecule has 1 N–H and O–H groups in total. The van der Waals surface area contributed by atoms with E-state index in [1.807, 2.05) is 45.9 Å². The summed E-state index contributed by atoms with van der Waals surface area (Å²) in [7, 11) is 0. The van der Waals surface area contributed by atoms with Crippen LogP contribution in [0.1, 0.15) is 76.9 Å². The number of hydrogen-bond acceptors (Lipinski definition) is 3. The van der Waals surface area contributed by atoms with E-state index in [9.17, 15) is 14.4 Å². The highest BCUT2D eigenvalue weighted by molar-refractivity contribution is 6.35. The van der Waals surface area contributed by atoms with Crippen LogP contribution >= 0.6 is 0 Å². The molecule has 0 aromatic heterocycles. The topological polar surface area (TPSA) is 74.7 Å². The number of carboxylic acid groups (broad SMARTS) is 1. The lowest BCUT2D eigenvalue weighted by atomic mass is 9.92. The maximum Gasteiger partial charge on any atom is 0.328 e. The summed E-state index contributed by atoms with van der Waals surface area (Å²) < 4.78 is 0. The van der Waals surface area contributed by atoms with Gasteiger partial charge in [-0.1, -0.05) is 58.0 Å². The Labute approximate surface area is 164 Å². The second kappa shape index (κ2) is 7.43. The van der Waals surface area contributed by atoms with Gasteiger partial charge >= 0.3 is 5.97 Å². The number of imide groups is 1. The van der Waals surface area contributed by atoms with Crippen molar-refractivity contribution in [1.29, 1.82) is 0 Å². The number of hydrogen-bond donors (Lipinski definition) is 1. The summed E-state index contributed by atoms with van der Waals surface area (Å²) in [6.45, 7) is 8.12. The van der Waals surface area contributed by atoms with Gasteiger partial charge in [0.2, 0.25) is 0 Å². The van der Waals surface area contributed by atoms with E-state index in [1.165, 1.54) is 11.0 Å². The number of aliphatic carboxylic acids is 1. The van der Waals surface area contributed by atoms with Gasteiger partial charge < -0.3 is 5.11 Å². The van der Waals surface area contributed by atoms with E-state index in [-0.39, 0.29) is 23.3 Å². The monoisotopic (exact) mass is 377 g/mol. The van der Waals surface area contributed by atoms with Crippen LogP contribution in [-0.4, -0.2) is 22.9 Å². The third kappa shape index (κ3) is 3.24. The van der Waals surface area contributed by atoms with Crippen molar-refractivity contribution in [2.75, 3.05) is 4.90 Å². The van der Waals surface area contributed by atoms with Crippen LogP contribution in [-0.2, 0) is 4.79 Å². The van der Waals surface area contributed by atoms with Crippen LogP contribution in [0, 0.1) is 0 Å². The number of anilines is 1. The molecule has 1 heterocycles. The largest absolute Gasteiger partial charge is 0.478 e. The molecule has 0 aliphatic carbocycles. The number of benzene rings is 2. The summed E-state index contributed by atoms with van der Waals surface area (Å²) in [6.07, 6.45) is 2.32. The first-order valence-corrected chi connectivity index (χ1v) is 9.29. The Balaban J connectivity index is 2.22. The Morgan fingerprint density at radius 2 is 1.50 bits per heavy atom. The Bertz CT molecular complexity index is 975. The third-order valence-electron chi connectivity index (χ3n) is 4.92. The van der Waals surface area contributed by atoms with Crippen molar-refractivity contribution in [3.05, 3.63) is 70.3 Å². The van der Waals surface area contributed by atoms with Crippen LogP contribution in [0.15, 0.2) is 42.5 Å². The molecule has 1 aliphatic heterocycles. The van der Waals surface area contributed by atoms with Gasteiger partial charge in [0, 0.05) is 6.08 Å². The molecule has 28 heavy (non-hydrogen) atoms. The quantitative estimate of drug-likeness (QED) is 0.598. The van der Waals surface area contributed by atoms with Crippen molar-refractivity contribution in [2.45, 2.75) is 39.5 Å². The maximum absolute atomic E-state index is 13.3. The SMILES string of the molecule is CC(C)c1cccc(C(C)C)c1N1C(=O)c2cccc(/C=C/C(=O)O)c2C1=O.